The summed E-state index contributed by atoms with van der Waals surface area (Å²) in [7, 11) is -3.74. The number of benzene rings is 1. The normalized spacial score (nSPS) is 23.0. The molecule has 0 aromatic heterocycles. The van der Waals surface area contributed by atoms with Gasteiger partial charge in [-0.3, -0.25) is 10.1 Å². The second-order valence-electron chi connectivity index (χ2n) is 5.40. The van der Waals surface area contributed by atoms with Gasteiger partial charge in [-0.05, 0) is 39.3 Å². The largest absolute Gasteiger partial charge is 0.314 e. The van der Waals surface area contributed by atoms with Crippen LogP contribution in [0.1, 0.15) is 25.3 Å². The zero-order valence-electron chi connectivity index (χ0n) is 12.0. The van der Waals surface area contributed by atoms with E-state index in [1.54, 1.807) is 6.92 Å². The molecule has 1 fully saturated rings. The summed E-state index contributed by atoms with van der Waals surface area (Å²) in [4.78, 5) is 10.3. The van der Waals surface area contributed by atoms with Gasteiger partial charge in [0.1, 0.15) is 0 Å². The Morgan fingerprint density at radius 2 is 2.14 bits per heavy atom. The maximum Gasteiger partial charge on any atom is 0.273 e. The number of aryl methyl sites for hydroxylation is 1. The highest BCUT2D eigenvalue weighted by Crippen LogP contribution is 2.23. The molecule has 0 spiro atoms. The Morgan fingerprint density at radius 1 is 1.43 bits per heavy atom. The Balaban J connectivity index is 2.23. The molecule has 0 radical (unpaired) electrons. The third-order valence-corrected chi connectivity index (χ3v) is 5.15. The Morgan fingerprint density at radius 3 is 2.76 bits per heavy atom. The van der Waals surface area contributed by atoms with Gasteiger partial charge in [-0.25, -0.2) is 13.1 Å². The maximum absolute atomic E-state index is 12.3. The first-order valence-electron chi connectivity index (χ1n) is 6.80. The summed E-state index contributed by atoms with van der Waals surface area (Å²) in [6.45, 7) is 4.33. The monoisotopic (exact) mass is 313 g/mol. The first kappa shape index (κ1) is 15.9. The summed E-state index contributed by atoms with van der Waals surface area (Å²) in [5.41, 5.74) is 0.256. The molecule has 1 aromatic rings. The number of nitro benzene ring substituents is 1. The third-order valence-electron chi connectivity index (χ3n) is 3.63. The van der Waals surface area contributed by atoms with Crippen molar-refractivity contribution in [2.75, 3.05) is 6.54 Å². The molecule has 2 atom stereocenters. The van der Waals surface area contributed by atoms with Crippen molar-refractivity contribution >= 4 is 15.7 Å². The highest BCUT2D eigenvalue weighted by Gasteiger charge is 2.26. The van der Waals surface area contributed by atoms with Crippen LogP contribution in [0.4, 0.5) is 5.69 Å². The predicted molar refractivity (Wildman–Crippen MR) is 78.6 cm³/mol. The zero-order chi connectivity index (χ0) is 15.6. The van der Waals surface area contributed by atoms with E-state index in [1.165, 1.54) is 12.1 Å². The summed E-state index contributed by atoms with van der Waals surface area (Å²) in [6.07, 6.45) is 1.41. The van der Waals surface area contributed by atoms with Crippen LogP contribution in [0.25, 0.3) is 0 Å². The van der Waals surface area contributed by atoms with Crippen molar-refractivity contribution < 1.29 is 13.3 Å². The first-order valence-corrected chi connectivity index (χ1v) is 8.28. The van der Waals surface area contributed by atoms with Crippen LogP contribution in [0.5, 0.6) is 0 Å². The van der Waals surface area contributed by atoms with E-state index in [0.29, 0.717) is 18.4 Å². The van der Waals surface area contributed by atoms with Crippen LogP contribution in [-0.2, 0) is 10.0 Å². The molecular weight excluding hydrogens is 294 g/mol. The van der Waals surface area contributed by atoms with Gasteiger partial charge in [-0.1, -0.05) is 6.07 Å². The zero-order valence-corrected chi connectivity index (χ0v) is 12.8. The number of sulfonamides is 1. The van der Waals surface area contributed by atoms with Crippen molar-refractivity contribution in [3.05, 3.63) is 33.9 Å². The van der Waals surface area contributed by atoms with Crippen LogP contribution in [0.3, 0.4) is 0 Å². The van der Waals surface area contributed by atoms with Crippen molar-refractivity contribution in [2.45, 2.75) is 43.7 Å². The molecule has 0 saturated carbocycles. The molecule has 2 rings (SSSR count). The molecule has 1 heterocycles. The van der Waals surface area contributed by atoms with Gasteiger partial charge < -0.3 is 5.32 Å². The Labute approximate surface area is 123 Å². The Kier molecular flexibility index (Phi) is 4.60. The van der Waals surface area contributed by atoms with E-state index in [-0.39, 0.29) is 22.7 Å². The van der Waals surface area contributed by atoms with Gasteiger partial charge in [-0.2, -0.15) is 0 Å². The molecular formula is C13H19N3O4S. The van der Waals surface area contributed by atoms with Crippen molar-refractivity contribution in [1.82, 2.24) is 10.0 Å². The van der Waals surface area contributed by atoms with Crippen molar-refractivity contribution in [2.24, 2.45) is 0 Å². The van der Waals surface area contributed by atoms with Crippen LogP contribution in [0.15, 0.2) is 23.1 Å². The van der Waals surface area contributed by atoms with Crippen LogP contribution < -0.4 is 10.0 Å². The summed E-state index contributed by atoms with van der Waals surface area (Å²) in [5.74, 6) is 0. The van der Waals surface area contributed by atoms with E-state index in [0.717, 1.165) is 12.6 Å². The molecule has 7 nitrogen and oxygen atoms in total. The fourth-order valence-corrected chi connectivity index (χ4v) is 3.78. The third kappa shape index (κ3) is 3.78. The summed E-state index contributed by atoms with van der Waals surface area (Å²) < 4.78 is 27.3. The first-order chi connectivity index (χ1) is 9.79. The molecule has 2 unspecified atom stereocenters. The average Bonchev–Trinajstić information content (AvgIpc) is 2.38. The molecule has 1 saturated heterocycles. The minimum absolute atomic E-state index is 0.0639. The quantitative estimate of drug-likeness (QED) is 0.645. The number of nitrogens with zero attached hydrogens (tertiary/aromatic N) is 1. The van der Waals surface area contributed by atoms with Gasteiger partial charge >= 0.3 is 0 Å². The van der Waals surface area contributed by atoms with Crippen LogP contribution >= 0.6 is 0 Å². The number of hydrogen-bond acceptors (Lipinski definition) is 5. The fourth-order valence-electron chi connectivity index (χ4n) is 2.48. The second kappa shape index (κ2) is 6.08. The topological polar surface area (TPSA) is 101 Å². The van der Waals surface area contributed by atoms with E-state index in [9.17, 15) is 18.5 Å². The molecule has 0 bridgehead atoms. The van der Waals surface area contributed by atoms with Gasteiger partial charge in [0.25, 0.3) is 5.69 Å². The molecule has 116 valence electrons. The van der Waals surface area contributed by atoms with E-state index in [2.05, 4.69) is 10.0 Å². The fraction of sp³-hybridized carbons (Fsp3) is 0.538. The highest BCUT2D eigenvalue weighted by atomic mass is 32.2. The summed E-state index contributed by atoms with van der Waals surface area (Å²) >= 11 is 0. The molecule has 21 heavy (non-hydrogen) atoms. The van der Waals surface area contributed by atoms with Crippen molar-refractivity contribution in [3.8, 4) is 0 Å². The maximum atomic E-state index is 12.3. The van der Waals surface area contributed by atoms with Crippen LogP contribution in [0.2, 0.25) is 0 Å². The number of rotatable bonds is 4. The SMILES string of the molecule is Cc1ccc(S(=O)(=O)NC2CCNC(C)C2)cc1[N+](=O)[O-]. The molecule has 8 heteroatoms. The van der Waals surface area contributed by atoms with Crippen LogP contribution in [0, 0.1) is 17.0 Å². The lowest BCUT2D eigenvalue weighted by Crippen LogP contribution is -2.46. The molecule has 0 amide bonds. The molecule has 1 aliphatic heterocycles. The number of nitro groups is 1. The molecule has 1 aliphatic rings. The lowest BCUT2D eigenvalue weighted by atomic mass is 10.0. The molecule has 0 aliphatic carbocycles. The average molecular weight is 313 g/mol. The highest BCUT2D eigenvalue weighted by molar-refractivity contribution is 7.89. The summed E-state index contributed by atoms with van der Waals surface area (Å²) in [6, 6.07) is 4.07. The van der Waals surface area contributed by atoms with Crippen molar-refractivity contribution in [1.29, 1.82) is 0 Å². The predicted octanol–water partition coefficient (Wildman–Crippen LogP) is 1.32. The lowest BCUT2D eigenvalue weighted by Gasteiger charge is -2.28. The second-order valence-corrected chi connectivity index (χ2v) is 7.12. The number of piperidine rings is 1. The van der Waals surface area contributed by atoms with Gasteiger partial charge in [0.05, 0.1) is 9.82 Å². The van der Waals surface area contributed by atoms with E-state index in [4.69, 9.17) is 0 Å². The molecule has 1 aromatic carbocycles. The Bertz CT molecular complexity index is 645. The van der Waals surface area contributed by atoms with Crippen LogP contribution in [-0.4, -0.2) is 32.0 Å². The minimum atomic E-state index is -3.74. The van der Waals surface area contributed by atoms with Gasteiger partial charge in [-0.15, -0.1) is 0 Å². The van der Waals surface area contributed by atoms with Crippen molar-refractivity contribution in [3.63, 3.8) is 0 Å². The van der Waals surface area contributed by atoms with Gasteiger partial charge in [0, 0.05) is 23.7 Å². The smallest absolute Gasteiger partial charge is 0.273 e. The molecule has 2 N–H and O–H groups in total. The van der Waals surface area contributed by atoms with E-state index in [1.807, 2.05) is 6.92 Å². The van der Waals surface area contributed by atoms with E-state index >= 15 is 0 Å². The van der Waals surface area contributed by atoms with E-state index < -0.39 is 14.9 Å². The Hall–Kier alpha value is -1.51. The lowest BCUT2D eigenvalue weighted by molar-refractivity contribution is -0.385. The standard InChI is InChI=1S/C13H19N3O4S/c1-9-3-4-12(8-13(9)16(17)18)21(19,20)15-11-5-6-14-10(2)7-11/h3-4,8,10-11,14-15H,5-7H2,1-2H3. The number of hydrogen-bond donors (Lipinski definition) is 2. The minimum Gasteiger partial charge on any atom is -0.314 e. The summed E-state index contributed by atoms with van der Waals surface area (Å²) in [5, 5.41) is 14.2. The van der Waals surface area contributed by atoms with Gasteiger partial charge in [0.2, 0.25) is 10.0 Å². The van der Waals surface area contributed by atoms with Gasteiger partial charge in [0.15, 0.2) is 0 Å². The number of nitrogens with one attached hydrogen (secondary N) is 2.